The van der Waals surface area contributed by atoms with Gasteiger partial charge in [0.05, 0.1) is 4.99 Å². The maximum Gasteiger partial charge on any atom is 0.273 e. The summed E-state index contributed by atoms with van der Waals surface area (Å²) in [7, 11) is 5.22. The van der Waals surface area contributed by atoms with Crippen molar-refractivity contribution in [2.75, 3.05) is 32.6 Å². The van der Waals surface area contributed by atoms with Gasteiger partial charge in [-0.05, 0) is 12.1 Å². The highest BCUT2D eigenvalue weighted by atomic mass is 32.1. The summed E-state index contributed by atoms with van der Waals surface area (Å²) in [5.41, 5.74) is 5.76. The van der Waals surface area contributed by atoms with Crippen molar-refractivity contribution in [3.8, 4) is 0 Å². The number of anilines is 1. The first-order valence-electron chi connectivity index (χ1n) is 5.46. The summed E-state index contributed by atoms with van der Waals surface area (Å²) in [4.78, 5) is 15.4. The second kappa shape index (κ2) is 6.25. The van der Waals surface area contributed by atoms with Gasteiger partial charge in [-0.15, -0.1) is 10.2 Å². The fourth-order valence-electron chi connectivity index (χ4n) is 1.26. The van der Waals surface area contributed by atoms with Crippen LogP contribution in [0, 0.1) is 0 Å². The van der Waals surface area contributed by atoms with Crippen LogP contribution in [0.3, 0.4) is 0 Å². The first kappa shape index (κ1) is 14.3. The minimum absolute atomic E-state index is 0.167. The van der Waals surface area contributed by atoms with Crippen LogP contribution in [-0.2, 0) is 0 Å². The average molecular weight is 267 g/mol. The van der Waals surface area contributed by atoms with Crippen LogP contribution in [0.4, 0.5) is 5.82 Å². The van der Waals surface area contributed by atoms with Crippen LogP contribution >= 0.6 is 12.2 Å². The molecule has 0 saturated carbocycles. The summed E-state index contributed by atoms with van der Waals surface area (Å²) in [5, 5.41) is 7.91. The van der Waals surface area contributed by atoms with Crippen molar-refractivity contribution in [3.05, 3.63) is 17.8 Å². The van der Waals surface area contributed by atoms with Gasteiger partial charge in [0, 0.05) is 34.1 Å². The molecule has 0 aromatic carbocycles. The molecule has 0 aliphatic carbocycles. The SMILES string of the molecule is CN(C)C(=O)c1ccc(N(C)CCC(N)=S)nn1. The number of nitrogens with two attached hydrogens (primary N) is 1. The molecule has 2 N–H and O–H groups in total. The maximum absolute atomic E-state index is 11.6. The summed E-state index contributed by atoms with van der Waals surface area (Å²) in [6.45, 7) is 0.672. The minimum Gasteiger partial charge on any atom is -0.393 e. The van der Waals surface area contributed by atoms with Crippen molar-refractivity contribution >= 4 is 28.9 Å². The molecule has 6 nitrogen and oxygen atoms in total. The molecule has 0 unspecified atom stereocenters. The Hall–Kier alpha value is -1.76. The lowest BCUT2D eigenvalue weighted by atomic mass is 10.3. The molecule has 1 heterocycles. The Kier molecular flexibility index (Phi) is 4.96. The number of thiocarbonyl (C=S) groups is 1. The van der Waals surface area contributed by atoms with Crippen LogP contribution in [0.25, 0.3) is 0 Å². The van der Waals surface area contributed by atoms with E-state index in [1.807, 2.05) is 11.9 Å². The number of amides is 1. The van der Waals surface area contributed by atoms with E-state index in [9.17, 15) is 4.79 Å². The number of carbonyl (C=O) groups excluding carboxylic acids is 1. The largest absolute Gasteiger partial charge is 0.393 e. The first-order valence-corrected chi connectivity index (χ1v) is 5.87. The van der Waals surface area contributed by atoms with E-state index in [-0.39, 0.29) is 5.91 Å². The first-order chi connectivity index (χ1) is 8.41. The molecule has 18 heavy (non-hydrogen) atoms. The highest BCUT2D eigenvalue weighted by molar-refractivity contribution is 7.80. The van der Waals surface area contributed by atoms with E-state index in [1.165, 1.54) is 4.90 Å². The summed E-state index contributed by atoms with van der Waals surface area (Å²) < 4.78 is 0. The van der Waals surface area contributed by atoms with Crippen molar-refractivity contribution in [1.29, 1.82) is 0 Å². The van der Waals surface area contributed by atoms with Crippen molar-refractivity contribution in [3.63, 3.8) is 0 Å². The van der Waals surface area contributed by atoms with Crippen molar-refractivity contribution in [2.24, 2.45) is 5.73 Å². The van der Waals surface area contributed by atoms with Crippen LogP contribution in [0.1, 0.15) is 16.9 Å². The van der Waals surface area contributed by atoms with Gasteiger partial charge in [0.1, 0.15) is 0 Å². The smallest absolute Gasteiger partial charge is 0.273 e. The topological polar surface area (TPSA) is 75.4 Å². The van der Waals surface area contributed by atoms with Crippen molar-refractivity contribution < 1.29 is 4.79 Å². The fourth-order valence-corrected chi connectivity index (χ4v) is 1.36. The van der Waals surface area contributed by atoms with Gasteiger partial charge in [-0.1, -0.05) is 12.2 Å². The van der Waals surface area contributed by atoms with Gasteiger partial charge in [0.15, 0.2) is 11.5 Å². The zero-order valence-corrected chi connectivity index (χ0v) is 11.6. The molecular formula is C11H17N5OS. The normalized spacial score (nSPS) is 9.94. The van der Waals surface area contributed by atoms with Gasteiger partial charge in [-0.25, -0.2) is 0 Å². The number of aromatic nitrogens is 2. The molecule has 0 saturated heterocycles. The lowest BCUT2D eigenvalue weighted by Gasteiger charge is -2.17. The Morgan fingerprint density at radius 1 is 1.33 bits per heavy atom. The van der Waals surface area contributed by atoms with E-state index in [4.69, 9.17) is 18.0 Å². The van der Waals surface area contributed by atoms with Crippen LogP contribution in [0.5, 0.6) is 0 Å². The number of hydrogen-bond acceptors (Lipinski definition) is 5. The third kappa shape index (κ3) is 3.92. The van der Waals surface area contributed by atoms with Crippen molar-refractivity contribution in [1.82, 2.24) is 15.1 Å². The molecule has 0 bridgehead atoms. The molecule has 0 atom stereocenters. The number of nitrogens with zero attached hydrogens (tertiary/aromatic N) is 4. The van der Waals surface area contributed by atoms with Crippen LogP contribution in [-0.4, -0.2) is 53.7 Å². The standard InChI is InChI=1S/C11H17N5OS/c1-15(2)11(17)8-4-5-10(14-13-8)16(3)7-6-9(12)18/h4-5H,6-7H2,1-3H3,(H2,12,18). The quantitative estimate of drug-likeness (QED) is 0.773. The molecule has 0 aliphatic rings. The lowest BCUT2D eigenvalue weighted by molar-refractivity contribution is 0.0821. The number of rotatable bonds is 5. The lowest BCUT2D eigenvalue weighted by Crippen LogP contribution is -2.26. The minimum atomic E-state index is -0.167. The Balaban J connectivity index is 2.70. The molecule has 0 spiro atoms. The second-order valence-electron chi connectivity index (χ2n) is 4.11. The highest BCUT2D eigenvalue weighted by Crippen LogP contribution is 2.08. The highest BCUT2D eigenvalue weighted by Gasteiger charge is 2.11. The molecule has 7 heteroatoms. The molecule has 0 radical (unpaired) electrons. The number of carbonyl (C=O) groups is 1. The fraction of sp³-hybridized carbons (Fsp3) is 0.455. The van der Waals surface area contributed by atoms with E-state index in [1.54, 1.807) is 26.2 Å². The monoisotopic (exact) mass is 267 g/mol. The summed E-state index contributed by atoms with van der Waals surface area (Å²) in [6, 6.07) is 3.41. The van der Waals surface area contributed by atoms with E-state index in [2.05, 4.69) is 10.2 Å². The molecule has 98 valence electrons. The predicted octanol–water partition coefficient (Wildman–Crippen LogP) is 0.291. The Morgan fingerprint density at radius 3 is 2.44 bits per heavy atom. The van der Waals surface area contributed by atoms with Crippen LogP contribution < -0.4 is 10.6 Å². The zero-order valence-electron chi connectivity index (χ0n) is 10.8. The van der Waals surface area contributed by atoms with E-state index in [0.717, 1.165) is 0 Å². The summed E-state index contributed by atoms with van der Waals surface area (Å²) in [5.74, 6) is 0.515. The molecule has 1 aromatic rings. The Morgan fingerprint density at radius 2 is 2.00 bits per heavy atom. The molecule has 1 rings (SSSR count). The Labute approximate surface area is 112 Å². The van der Waals surface area contributed by atoms with E-state index >= 15 is 0 Å². The summed E-state index contributed by atoms with van der Waals surface area (Å²) >= 11 is 4.81. The van der Waals surface area contributed by atoms with Gasteiger partial charge >= 0.3 is 0 Å². The molecule has 0 aliphatic heterocycles. The molecular weight excluding hydrogens is 250 g/mol. The van der Waals surface area contributed by atoms with Crippen molar-refractivity contribution in [2.45, 2.75) is 6.42 Å². The van der Waals surface area contributed by atoms with Crippen LogP contribution in [0.2, 0.25) is 0 Å². The van der Waals surface area contributed by atoms with Gasteiger partial charge in [-0.3, -0.25) is 4.79 Å². The van der Waals surface area contributed by atoms with E-state index in [0.29, 0.717) is 29.5 Å². The van der Waals surface area contributed by atoms with Gasteiger partial charge in [-0.2, -0.15) is 0 Å². The molecule has 1 amide bonds. The van der Waals surface area contributed by atoms with E-state index < -0.39 is 0 Å². The average Bonchev–Trinajstić information content (AvgIpc) is 2.35. The predicted molar refractivity (Wildman–Crippen MR) is 74.7 cm³/mol. The second-order valence-corrected chi connectivity index (χ2v) is 4.64. The van der Waals surface area contributed by atoms with Gasteiger partial charge in [0.2, 0.25) is 0 Å². The third-order valence-electron chi connectivity index (χ3n) is 2.36. The molecule has 0 fully saturated rings. The van der Waals surface area contributed by atoms with Gasteiger partial charge < -0.3 is 15.5 Å². The number of hydrogen-bond donors (Lipinski definition) is 1. The summed E-state index contributed by atoms with van der Waals surface area (Å²) in [6.07, 6.45) is 0.617. The van der Waals surface area contributed by atoms with Gasteiger partial charge in [0.25, 0.3) is 5.91 Å². The molecule has 1 aromatic heterocycles. The maximum atomic E-state index is 11.6. The third-order valence-corrected chi connectivity index (χ3v) is 2.56. The zero-order chi connectivity index (χ0) is 13.7. The Bertz CT molecular complexity index is 432. The van der Waals surface area contributed by atoms with Crippen LogP contribution in [0.15, 0.2) is 12.1 Å².